The molecule has 0 bridgehead atoms. The van der Waals surface area contributed by atoms with Gasteiger partial charge in [0.2, 0.25) is 11.9 Å². The SMILES string of the molecule is C[C@@]1(Cc2ccc(C#N)cc2)C(=O)N(c2cc(Cl)c(F)c(Cl)c2)C2=NCC=C(C(=O)N[C@@H](COS(=O)(=O)O)C(=O)NC3(c4ccccn4)CC3)N21. The lowest BCUT2D eigenvalue weighted by atomic mass is 9.90. The molecule has 1 saturated carbocycles. The second-order valence-corrected chi connectivity index (χ2v) is 14.1. The van der Waals surface area contributed by atoms with E-state index in [4.69, 9.17) is 23.2 Å². The summed E-state index contributed by atoms with van der Waals surface area (Å²) in [7, 11) is -5.03. The zero-order chi connectivity index (χ0) is 36.7. The summed E-state index contributed by atoms with van der Waals surface area (Å²) in [5.74, 6) is -3.27. The van der Waals surface area contributed by atoms with Gasteiger partial charge in [-0.2, -0.15) is 13.7 Å². The summed E-state index contributed by atoms with van der Waals surface area (Å²) < 4.78 is 51.3. The van der Waals surface area contributed by atoms with Crippen LogP contribution < -0.4 is 15.5 Å². The van der Waals surface area contributed by atoms with Gasteiger partial charge >= 0.3 is 10.4 Å². The van der Waals surface area contributed by atoms with Crippen LogP contribution in [0.4, 0.5) is 10.1 Å². The number of pyridine rings is 1. The van der Waals surface area contributed by atoms with E-state index in [9.17, 15) is 37.0 Å². The number of benzene rings is 2. The number of nitrogens with one attached hydrogen (secondary N) is 2. The van der Waals surface area contributed by atoms with Gasteiger partial charge in [0.05, 0.1) is 51.7 Å². The van der Waals surface area contributed by atoms with Crippen molar-refractivity contribution >= 4 is 63.0 Å². The Morgan fingerprint density at radius 3 is 2.43 bits per heavy atom. The van der Waals surface area contributed by atoms with Gasteiger partial charge < -0.3 is 10.6 Å². The molecule has 1 aromatic heterocycles. The number of nitriles is 1. The number of anilines is 1. The predicted molar refractivity (Wildman–Crippen MR) is 182 cm³/mol. The van der Waals surface area contributed by atoms with Crippen molar-refractivity contribution in [2.24, 2.45) is 4.99 Å². The minimum atomic E-state index is -5.03. The number of hydrogen-bond donors (Lipinski definition) is 3. The van der Waals surface area contributed by atoms with E-state index in [1.54, 1.807) is 55.6 Å². The number of rotatable bonds is 11. The number of aromatic nitrogens is 1. The van der Waals surface area contributed by atoms with Gasteiger partial charge in [-0.25, -0.2) is 18.5 Å². The first-order chi connectivity index (χ1) is 24.2. The number of carbonyl (C=O) groups is 3. The number of halogens is 3. The highest BCUT2D eigenvalue weighted by Gasteiger charge is 2.57. The first-order valence-electron chi connectivity index (χ1n) is 15.3. The highest BCUT2D eigenvalue weighted by molar-refractivity contribution is 7.80. The summed E-state index contributed by atoms with van der Waals surface area (Å²) in [6.45, 7) is 0.468. The number of nitrogens with zero attached hydrogens (tertiary/aromatic N) is 5. The molecule has 0 spiro atoms. The summed E-state index contributed by atoms with van der Waals surface area (Å²) in [5.41, 5.74) is -0.978. The topological polar surface area (TPSA) is 194 Å². The molecule has 0 radical (unpaired) electrons. The van der Waals surface area contributed by atoms with Gasteiger partial charge in [-0.1, -0.05) is 41.4 Å². The number of carbonyl (C=O) groups excluding carboxylic acids is 3. The second kappa shape index (κ2) is 13.7. The van der Waals surface area contributed by atoms with Crippen molar-refractivity contribution in [3.05, 3.63) is 105 Å². The molecular weight excluding hydrogens is 728 g/mol. The number of guanidine groups is 1. The fourth-order valence-corrected chi connectivity index (χ4v) is 6.81. The van der Waals surface area contributed by atoms with E-state index in [-0.39, 0.29) is 40.4 Å². The highest BCUT2D eigenvalue weighted by atomic mass is 35.5. The van der Waals surface area contributed by atoms with Crippen molar-refractivity contribution in [3.63, 3.8) is 0 Å². The van der Waals surface area contributed by atoms with Crippen molar-refractivity contribution in [3.8, 4) is 6.07 Å². The molecule has 2 atom stereocenters. The zero-order valence-corrected chi connectivity index (χ0v) is 29.0. The van der Waals surface area contributed by atoms with E-state index < -0.39 is 57.7 Å². The fourth-order valence-electron chi connectivity index (χ4n) is 6.02. The predicted octanol–water partition coefficient (Wildman–Crippen LogP) is 3.41. The molecule has 1 saturated heterocycles. The lowest BCUT2D eigenvalue weighted by Gasteiger charge is -2.36. The van der Waals surface area contributed by atoms with Crippen LogP contribution >= 0.6 is 23.2 Å². The molecule has 3 amide bonds. The molecule has 18 heteroatoms. The van der Waals surface area contributed by atoms with Crippen LogP contribution in [0.2, 0.25) is 10.0 Å². The number of hydrogen-bond acceptors (Lipinski definition) is 10. The Morgan fingerprint density at radius 2 is 1.84 bits per heavy atom. The van der Waals surface area contributed by atoms with E-state index in [1.807, 2.05) is 6.07 Å². The van der Waals surface area contributed by atoms with Crippen LogP contribution in [0, 0.1) is 17.1 Å². The Bertz CT molecular complexity index is 2120. The van der Waals surface area contributed by atoms with Crippen molar-refractivity contribution < 1.29 is 35.9 Å². The zero-order valence-electron chi connectivity index (χ0n) is 26.6. The van der Waals surface area contributed by atoms with Gasteiger partial charge in [-0.05, 0) is 67.8 Å². The largest absolute Gasteiger partial charge is 0.397 e. The third-order valence-corrected chi connectivity index (χ3v) is 9.66. The molecule has 0 unspecified atom stereocenters. The Labute approximate surface area is 301 Å². The number of fused-ring (bicyclic) bond motifs is 1. The third-order valence-electron chi connectivity index (χ3n) is 8.68. The average Bonchev–Trinajstić information content (AvgIpc) is 3.85. The molecule has 1 aliphatic carbocycles. The first kappa shape index (κ1) is 35.9. The molecule has 3 aliphatic rings. The maximum Gasteiger partial charge on any atom is 0.397 e. The van der Waals surface area contributed by atoms with Crippen LogP contribution in [0.25, 0.3) is 0 Å². The fraction of sp³-hybridized carbons (Fsp3) is 0.273. The molecule has 6 rings (SSSR count). The standard InChI is InChI=1S/C33H28Cl2FN7O7S/c1-32(16-19-5-7-20(17-37)8-6-19)30(46)42(21-14-22(34)27(36)23(35)15-21)31-39-13-9-25(43(31)32)29(45)40-24(18-50-51(47,48)49)28(44)41-33(10-11-33)26-4-2-3-12-38-26/h2-9,12,14-15,24H,10-11,13,16,18H2,1H3,(H,40,45)(H,41,44)(H,47,48,49)/t24-,32+/m0/s1. The van der Waals surface area contributed by atoms with Crippen LogP contribution in [0.3, 0.4) is 0 Å². The van der Waals surface area contributed by atoms with E-state index in [2.05, 4.69) is 24.8 Å². The lowest BCUT2D eigenvalue weighted by Crippen LogP contribution is -2.56. The normalized spacial score (nSPS) is 19.7. The van der Waals surface area contributed by atoms with Gasteiger partial charge in [-0.3, -0.25) is 28.8 Å². The minimum absolute atomic E-state index is 0.0251. The first-order valence-corrected chi connectivity index (χ1v) is 17.5. The Kier molecular flexibility index (Phi) is 9.61. The van der Waals surface area contributed by atoms with E-state index >= 15 is 0 Å². The molecule has 3 heterocycles. The van der Waals surface area contributed by atoms with Crippen LogP contribution in [0.1, 0.15) is 36.6 Å². The number of amides is 3. The summed E-state index contributed by atoms with van der Waals surface area (Å²) >= 11 is 12.2. The maximum atomic E-state index is 14.5. The highest BCUT2D eigenvalue weighted by Crippen LogP contribution is 2.45. The van der Waals surface area contributed by atoms with Crippen molar-refractivity contribution in [1.29, 1.82) is 5.26 Å². The molecular formula is C33H28Cl2FN7O7S. The smallest absolute Gasteiger partial charge is 0.343 e. The van der Waals surface area contributed by atoms with Gasteiger partial charge in [0.15, 0.2) is 5.82 Å². The van der Waals surface area contributed by atoms with Gasteiger partial charge in [0.25, 0.3) is 11.8 Å². The van der Waals surface area contributed by atoms with Crippen molar-refractivity contribution in [1.82, 2.24) is 20.5 Å². The van der Waals surface area contributed by atoms with Crippen LogP contribution in [0.15, 0.2) is 77.6 Å². The Balaban J connectivity index is 1.35. The van der Waals surface area contributed by atoms with Crippen LogP contribution in [-0.2, 0) is 40.9 Å². The molecule has 14 nitrogen and oxygen atoms in total. The summed E-state index contributed by atoms with van der Waals surface area (Å²) in [6.07, 6.45) is 3.99. The Hall–Kier alpha value is -4.92. The van der Waals surface area contributed by atoms with E-state index in [0.717, 1.165) is 4.90 Å². The molecule has 2 aliphatic heterocycles. The quantitative estimate of drug-likeness (QED) is 0.193. The van der Waals surface area contributed by atoms with Crippen molar-refractivity contribution in [2.45, 2.75) is 43.3 Å². The monoisotopic (exact) mass is 755 g/mol. The minimum Gasteiger partial charge on any atom is -0.343 e. The number of aliphatic imine (C=N–C) groups is 1. The molecule has 2 fully saturated rings. The van der Waals surface area contributed by atoms with Crippen LogP contribution in [-0.4, -0.2) is 71.3 Å². The van der Waals surface area contributed by atoms with Crippen molar-refractivity contribution in [2.75, 3.05) is 18.1 Å². The van der Waals surface area contributed by atoms with E-state index in [1.165, 1.54) is 23.1 Å². The molecule has 2 aromatic carbocycles. The van der Waals surface area contributed by atoms with E-state index in [0.29, 0.717) is 29.7 Å². The van der Waals surface area contributed by atoms with Crippen LogP contribution in [0.5, 0.6) is 0 Å². The van der Waals surface area contributed by atoms with Gasteiger partial charge in [0, 0.05) is 12.6 Å². The molecule has 3 aromatic rings. The van der Waals surface area contributed by atoms with Gasteiger partial charge in [0.1, 0.15) is 17.3 Å². The lowest BCUT2D eigenvalue weighted by molar-refractivity contribution is -0.130. The van der Waals surface area contributed by atoms with Gasteiger partial charge in [-0.15, -0.1) is 0 Å². The summed E-state index contributed by atoms with van der Waals surface area (Å²) in [6, 6.07) is 14.4. The second-order valence-electron chi connectivity index (χ2n) is 12.2. The maximum absolute atomic E-state index is 14.5. The summed E-state index contributed by atoms with van der Waals surface area (Å²) in [5, 5.41) is 13.8. The molecule has 3 N–H and O–H groups in total. The molecule has 264 valence electrons. The Morgan fingerprint density at radius 1 is 1.16 bits per heavy atom. The summed E-state index contributed by atoms with van der Waals surface area (Å²) in [4.78, 5) is 53.6. The molecule has 51 heavy (non-hydrogen) atoms. The average molecular weight is 757 g/mol. The third kappa shape index (κ3) is 7.16.